The molecule has 2 rings (SSSR count). The molecule has 1 fully saturated rings. The highest BCUT2D eigenvalue weighted by molar-refractivity contribution is 5.70. The zero-order valence-corrected chi connectivity index (χ0v) is 10.9. The Morgan fingerprint density at radius 1 is 1.28 bits per heavy atom. The van der Waals surface area contributed by atoms with E-state index in [9.17, 15) is 4.79 Å². The average Bonchev–Trinajstić information content (AvgIpc) is 2.40. The molecule has 0 saturated carbocycles. The number of likely N-dealkylation sites (tertiary alicyclic amines) is 1. The second-order valence-electron chi connectivity index (χ2n) is 4.92. The summed E-state index contributed by atoms with van der Waals surface area (Å²) in [4.78, 5) is 12.7. The van der Waals surface area contributed by atoms with Crippen LogP contribution in [-0.4, -0.2) is 37.5 Å². The van der Waals surface area contributed by atoms with Crippen molar-refractivity contribution in [2.75, 3.05) is 25.5 Å². The van der Waals surface area contributed by atoms with Crippen LogP contribution in [0.5, 0.6) is 0 Å². The lowest BCUT2D eigenvalue weighted by Gasteiger charge is -2.29. The first-order valence-electron chi connectivity index (χ1n) is 6.49. The number of benzene rings is 1. The Morgan fingerprint density at radius 2 is 1.94 bits per heavy atom. The highest BCUT2D eigenvalue weighted by atomic mass is 16.1. The maximum atomic E-state index is 10.3. The summed E-state index contributed by atoms with van der Waals surface area (Å²) in [5.41, 5.74) is 2.10. The van der Waals surface area contributed by atoms with E-state index in [1.54, 1.807) is 0 Å². The molecule has 18 heavy (non-hydrogen) atoms. The van der Waals surface area contributed by atoms with Gasteiger partial charge in [0.15, 0.2) is 0 Å². The monoisotopic (exact) mass is 247 g/mol. The van der Waals surface area contributed by atoms with Crippen LogP contribution in [0.15, 0.2) is 24.3 Å². The van der Waals surface area contributed by atoms with Crippen molar-refractivity contribution in [2.45, 2.75) is 25.4 Å². The third kappa shape index (κ3) is 3.82. The molecule has 1 heterocycles. The van der Waals surface area contributed by atoms with Gasteiger partial charge in [-0.05, 0) is 50.7 Å². The van der Waals surface area contributed by atoms with Crippen molar-refractivity contribution in [1.82, 2.24) is 10.2 Å². The van der Waals surface area contributed by atoms with E-state index in [2.05, 4.69) is 22.6 Å². The molecule has 0 unspecified atom stereocenters. The number of carbonyl (C=O) groups excluding carboxylic acids is 1. The molecule has 2 N–H and O–H groups in total. The third-order valence-corrected chi connectivity index (χ3v) is 3.49. The topological polar surface area (TPSA) is 44.4 Å². The van der Waals surface area contributed by atoms with E-state index in [-0.39, 0.29) is 0 Å². The van der Waals surface area contributed by atoms with Crippen molar-refractivity contribution >= 4 is 12.1 Å². The Bertz CT molecular complexity index is 369. The maximum Gasteiger partial charge on any atom is 0.211 e. The molecule has 0 radical (unpaired) electrons. The zero-order valence-electron chi connectivity index (χ0n) is 10.9. The fourth-order valence-electron chi connectivity index (χ4n) is 2.26. The standard InChI is InChI=1S/C14H21N3O/c1-17-8-6-14(7-9-17)15-10-12-2-4-13(5-3-12)16-11-18/h2-5,11,14-15H,6-10H2,1H3,(H,16,18). The SMILES string of the molecule is CN1CCC(NCc2ccc(NC=O)cc2)CC1. The van der Waals surface area contributed by atoms with Gasteiger partial charge in [-0.25, -0.2) is 0 Å². The summed E-state index contributed by atoms with van der Waals surface area (Å²) in [5, 5.41) is 6.23. The van der Waals surface area contributed by atoms with Gasteiger partial charge in [-0.3, -0.25) is 4.79 Å². The first-order chi connectivity index (χ1) is 8.78. The lowest BCUT2D eigenvalue weighted by molar-refractivity contribution is -0.105. The van der Waals surface area contributed by atoms with E-state index in [0.717, 1.165) is 12.2 Å². The van der Waals surface area contributed by atoms with Gasteiger partial charge in [0, 0.05) is 18.3 Å². The molecule has 1 aromatic rings. The van der Waals surface area contributed by atoms with Crippen LogP contribution in [0.1, 0.15) is 18.4 Å². The average molecular weight is 247 g/mol. The lowest BCUT2D eigenvalue weighted by Crippen LogP contribution is -2.40. The largest absolute Gasteiger partial charge is 0.329 e. The summed E-state index contributed by atoms with van der Waals surface area (Å²) < 4.78 is 0. The summed E-state index contributed by atoms with van der Waals surface area (Å²) in [7, 11) is 2.18. The van der Waals surface area contributed by atoms with Gasteiger partial charge in [0.05, 0.1) is 0 Å². The molecule has 0 aromatic heterocycles. The van der Waals surface area contributed by atoms with E-state index in [1.807, 2.05) is 24.3 Å². The Balaban J connectivity index is 1.77. The maximum absolute atomic E-state index is 10.3. The summed E-state index contributed by atoms with van der Waals surface area (Å²) in [6.07, 6.45) is 3.15. The quantitative estimate of drug-likeness (QED) is 0.774. The number of nitrogens with one attached hydrogen (secondary N) is 2. The Hall–Kier alpha value is -1.39. The third-order valence-electron chi connectivity index (χ3n) is 3.49. The minimum atomic E-state index is 0.633. The van der Waals surface area contributed by atoms with Gasteiger partial charge in [0.2, 0.25) is 6.41 Å². The molecular weight excluding hydrogens is 226 g/mol. The number of carbonyl (C=O) groups is 1. The van der Waals surface area contributed by atoms with Crippen LogP contribution >= 0.6 is 0 Å². The van der Waals surface area contributed by atoms with Gasteiger partial charge in [-0.15, -0.1) is 0 Å². The van der Waals surface area contributed by atoms with Crippen LogP contribution in [0.3, 0.4) is 0 Å². The molecular formula is C14H21N3O. The van der Waals surface area contributed by atoms with Crippen molar-refractivity contribution in [2.24, 2.45) is 0 Å². The first kappa shape index (κ1) is 13.1. The van der Waals surface area contributed by atoms with Crippen molar-refractivity contribution in [3.05, 3.63) is 29.8 Å². The molecule has 1 aliphatic rings. The van der Waals surface area contributed by atoms with Crippen LogP contribution in [0, 0.1) is 0 Å². The highest BCUT2D eigenvalue weighted by Gasteiger charge is 2.15. The van der Waals surface area contributed by atoms with Gasteiger partial charge in [0.25, 0.3) is 0 Å². The van der Waals surface area contributed by atoms with Crippen LogP contribution in [-0.2, 0) is 11.3 Å². The van der Waals surface area contributed by atoms with E-state index in [0.29, 0.717) is 12.5 Å². The minimum absolute atomic E-state index is 0.633. The van der Waals surface area contributed by atoms with Crippen molar-refractivity contribution in [3.8, 4) is 0 Å². The van der Waals surface area contributed by atoms with Crippen molar-refractivity contribution < 1.29 is 4.79 Å². The lowest BCUT2D eigenvalue weighted by atomic mass is 10.1. The molecule has 0 spiro atoms. The highest BCUT2D eigenvalue weighted by Crippen LogP contribution is 2.11. The predicted molar refractivity (Wildman–Crippen MR) is 73.5 cm³/mol. The second kappa shape index (κ2) is 6.52. The number of hydrogen-bond donors (Lipinski definition) is 2. The molecule has 1 aromatic carbocycles. The minimum Gasteiger partial charge on any atom is -0.329 e. The van der Waals surface area contributed by atoms with Gasteiger partial charge in [-0.1, -0.05) is 12.1 Å². The van der Waals surface area contributed by atoms with E-state index in [1.165, 1.54) is 31.5 Å². The molecule has 0 atom stereocenters. The number of amides is 1. The molecule has 0 aliphatic carbocycles. The molecule has 1 amide bonds. The number of hydrogen-bond acceptors (Lipinski definition) is 3. The Labute approximate surface area is 108 Å². The first-order valence-corrected chi connectivity index (χ1v) is 6.49. The summed E-state index contributed by atoms with van der Waals surface area (Å²) in [5.74, 6) is 0. The number of rotatable bonds is 5. The summed E-state index contributed by atoms with van der Waals surface area (Å²) in [6.45, 7) is 3.26. The molecule has 1 saturated heterocycles. The van der Waals surface area contributed by atoms with E-state index >= 15 is 0 Å². The molecule has 1 aliphatic heterocycles. The van der Waals surface area contributed by atoms with E-state index < -0.39 is 0 Å². The summed E-state index contributed by atoms with van der Waals surface area (Å²) in [6, 6.07) is 8.59. The Kier molecular flexibility index (Phi) is 4.73. The molecule has 98 valence electrons. The zero-order chi connectivity index (χ0) is 12.8. The fourth-order valence-corrected chi connectivity index (χ4v) is 2.26. The van der Waals surface area contributed by atoms with Gasteiger partial charge < -0.3 is 15.5 Å². The Morgan fingerprint density at radius 3 is 2.56 bits per heavy atom. The second-order valence-corrected chi connectivity index (χ2v) is 4.92. The van der Waals surface area contributed by atoms with Crippen LogP contribution in [0.2, 0.25) is 0 Å². The molecule has 0 bridgehead atoms. The number of nitrogens with zero attached hydrogens (tertiary/aromatic N) is 1. The van der Waals surface area contributed by atoms with Crippen LogP contribution in [0.4, 0.5) is 5.69 Å². The molecule has 4 heteroatoms. The van der Waals surface area contributed by atoms with Crippen LogP contribution in [0.25, 0.3) is 0 Å². The summed E-state index contributed by atoms with van der Waals surface area (Å²) >= 11 is 0. The van der Waals surface area contributed by atoms with Gasteiger partial charge >= 0.3 is 0 Å². The smallest absolute Gasteiger partial charge is 0.211 e. The van der Waals surface area contributed by atoms with Crippen molar-refractivity contribution in [3.63, 3.8) is 0 Å². The predicted octanol–water partition coefficient (Wildman–Crippen LogP) is 1.44. The van der Waals surface area contributed by atoms with Gasteiger partial charge in [0.1, 0.15) is 0 Å². The normalized spacial score (nSPS) is 17.6. The van der Waals surface area contributed by atoms with Crippen LogP contribution < -0.4 is 10.6 Å². The number of anilines is 1. The fraction of sp³-hybridized carbons (Fsp3) is 0.500. The van der Waals surface area contributed by atoms with Crippen molar-refractivity contribution in [1.29, 1.82) is 0 Å². The molecule has 4 nitrogen and oxygen atoms in total. The van der Waals surface area contributed by atoms with E-state index in [4.69, 9.17) is 0 Å². The number of piperidine rings is 1. The van der Waals surface area contributed by atoms with Gasteiger partial charge in [-0.2, -0.15) is 0 Å².